The summed E-state index contributed by atoms with van der Waals surface area (Å²) in [5.74, 6) is 0.678. The van der Waals surface area contributed by atoms with Crippen molar-refractivity contribution in [2.75, 3.05) is 37.3 Å². The van der Waals surface area contributed by atoms with Crippen LogP contribution >= 0.6 is 11.8 Å². The molecule has 2 rings (SSSR count). The lowest BCUT2D eigenvalue weighted by Gasteiger charge is -2.18. The number of nitrogens with one attached hydrogen (secondary N) is 1. The van der Waals surface area contributed by atoms with Gasteiger partial charge in [-0.3, -0.25) is 4.79 Å². The van der Waals surface area contributed by atoms with Gasteiger partial charge in [0.15, 0.2) is 0 Å². The lowest BCUT2D eigenvalue weighted by Crippen LogP contribution is -2.27. The molecule has 26 heavy (non-hydrogen) atoms. The second kappa shape index (κ2) is 10.8. The van der Waals surface area contributed by atoms with Crippen LogP contribution in [0.1, 0.15) is 13.8 Å². The van der Waals surface area contributed by atoms with Crippen LogP contribution in [-0.2, 0) is 4.79 Å². The molecule has 0 bridgehead atoms. The summed E-state index contributed by atoms with van der Waals surface area (Å²) in [6.45, 7) is 7.83. The van der Waals surface area contributed by atoms with E-state index in [0.29, 0.717) is 6.61 Å². The summed E-state index contributed by atoms with van der Waals surface area (Å²) in [6.07, 6.45) is 0. The topological polar surface area (TPSA) is 41.6 Å². The van der Waals surface area contributed by atoms with Crippen molar-refractivity contribution in [3.05, 3.63) is 54.3 Å². The fourth-order valence-electron chi connectivity index (χ4n) is 2.34. The van der Waals surface area contributed by atoms with Crippen LogP contribution in [-0.4, -0.2) is 42.8 Å². The molecule has 6 heteroatoms. The third-order valence-corrected chi connectivity index (χ3v) is 4.90. The molecule has 0 atom stereocenters. The van der Waals surface area contributed by atoms with Crippen molar-refractivity contribution in [3.8, 4) is 5.75 Å². The molecule has 0 radical (unpaired) electrons. The number of anilines is 1. The highest BCUT2D eigenvalue weighted by atomic mass is 32.2. The van der Waals surface area contributed by atoms with E-state index in [0.717, 1.165) is 36.0 Å². The van der Waals surface area contributed by atoms with E-state index in [1.807, 2.05) is 24.3 Å². The molecule has 0 aliphatic carbocycles. The maximum atomic E-state index is 12.9. The van der Waals surface area contributed by atoms with Gasteiger partial charge in [0.25, 0.3) is 0 Å². The molecule has 0 saturated heterocycles. The van der Waals surface area contributed by atoms with E-state index in [4.69, 9.17) is 4.74 Å². The van der Waals surface area contributed by atoms with Crippen LogP contribution in [0.5, 0.6) is 5.75 Å². The summed E-state index contributed by atoms with van der Waals surface area (Å²) in [6, 6.07) is 13.5. The zero-order valence-corrected chi connectivity index (χ0v) is 16.0. The molecule has 0 aliphatic heterocycles. The van der Waals surface area contributed by atoms with Crippen LogP contribution in [0.2, 0.25) is 0 Å². The summed E-state index contributed by atoms with van der Waals surface area (Å²) in [7, 11) is 0. The minimum absolute atomic E-state index is 0.102. The Balaban J connectivity index is 1.73. The van der Waals surface area contributed by atoms with E-state index in [2.05, 4.69) is 24.1 Å². The molecule has 0 unspecified atom stereocenters. The first kappa shape index (κ1) is 20.3. The molecule has 1 N–H and O–H groups in total. The molecule has 0 aliphatic rings. The fraction of sp³-hybridized carbons (Fsp3) is 0.350. The van der Waals surface area contributed by atoms with Crippen molar-refractivity contribution < 1.29 is 13.9 Å². The van der Waals surface area contributed by atoms with Crippen LogP contribution in [0.15, 0.2) is 53.4 Å². The zero-order valence-electron chi connectivity index (χ0n) is 15.2. The third-order valence-electron chi connectivity index (χ3n) is 3.89. The summed E-state index contributed by atoms with van der Waals surface area (Å²) in [5.41, 5.74) is 0.728. The number of hydrogen-bond acceptors (Lipinski definition) is 4. The Bertz CT molecular complexity index is 673. The van der Waals surface area contributed by atoms with E-state index in [9.17, 15) is 9.18 Å². The molecule has 1 amide bonds. The van der Waals surface area contributed by atoms with Crippen LogP contribution in [0, 0.1) is 5.82 Å². The van der Waals surface area contributed by atoms with Gasteiger partial charge in [0.05, 0.1) is 5.75 Å². The predicted molar refractivity (Wildman–Crippen MR) is 105 cm³/mol. The lowest BCUT2D eigenvalue weighted by molar-refractivity contribution is -0.113. The van der Waals surface area contributed by atoms with E-state index in [1.54, 1.807) is 12.1 Å². The number of amides is 1. The molecule has 4 nitrogen and oxygen atoms in total. The maximum Gasteiger partial charge on any atom is 0.234 e. The first-order valence-electron chi connectivity index (χ1n) is 8.74. The van der Waals surface area contributed by atoms with Crippen LogP contribution in [0.25, 0.3) is 0 Å². The number of nitrogens with zero attached hydrogens (tertiary/aromatic N) is 1. The van der Waals surface area contributed by atoms with Crippen molar-refractivity contribution in [2.45, 2.75) is 18.7 Å². The number of benzene rings is 2. The monoisotopic (exact) mass is 376 g/mol. The predicted octanol–water partition coefficient (Wildman–Crippen LogP) is 4.28. The smallest absolute Gasteiger partial charge is 0.234 e. The summed E-state index contributed by atoms with van der Waals surface area (Å²) >= 11 is 1.37. The first-order chi connectivity index (χ1) is 12.6. The van der Waals surface area contributed by atoms with Gasteiger partial charge in [0.2, 0.25) is 5.91 Å². The highest BCUT2D eigenvalue weighted by Crippen LogP contribution is 2.19. The number of likely N-dealkylation sites (N-methyl/N-ethyl adjacent to an activating group) is 1. The standard InChI is InChI=1S/C20H25FN2O2S/c1-3-23(4-2)13-14-25-18-9-7-17(8-10-18)22-20(24)15-26-19-11-5-16(21)6-12-19/h5-12H,3-4,13-15H2,1-2H3,(H,22,24). The van der Waals surface area contributed by atoms with E-state index in [-0.39, 0.29) is 17.5 Å². The highest BCUT2D eigenvalue weighted by molar-refractivity contribution is 8.00. The van der Waals surface area contributed by atoms with Gasteiger partial charge in [-0.15, -0.1) is 11.8 Å². The highest BCUT2D eigenvalue weighted by Gasteiger charge is 2.05. The normalized spacial score (nSPS) is 10.8. The largest absolute Gasteiger partial charge is 0.492 e. The van der Waals surface area contributed by atoms with Gasteiger partial charge < -0.3 is 15.0 Å². The van der Waals surface area contributed by atoms with Crippen molar-refractivity contribution in [1.29, 1.82) is 0 Å². The fourth-order valence-corrected chi connectivity index (χ4v) is 3.04. The molecule has 140 valence electrons. The molecular weight excluding hydrogens is 351 g/mol. The van der Waals surface area contributed by atoms with Crippen molar-refractivity contribution in [3.63, 3.8) is 0 Å². The summed E-state index contributed by atoms with van der Waals surface area (Å²) < 4.78 is 18.6. The van der Waals surface area contributed by atoms with E-state index >= 15 is 0 Å². The number of ether oxygens (including phenoxy) is 1. The summed E-state index contributed by atoms with van der Waals surface area (Å²) in [4.78, 5) is 15.2. The number of hydrogen-bond donors (Lipinski definition) is 1. The Labute approximate surface area is 158 Å². The lowest BCUT2D eigenvalue weighted by atomic mass is 10.3. The Kier molecular flexibility index (Phi) is 8.44. The van der Waals surface area contributed by atoms with Crippen molar-refractivity contribution in [2.24, 2.45) is 0 Å². The van der Waals surface area contributed by atoms with Gasteiger partial charge in [-0.25, -0.2) is 4.39 Å². The Morgan fingerprint density at radius 3 is 2.35 bits per heavy atom. The second-order valence-corrected chi connectivity index (χ2v) is 6.74. The minimum Gasteiger partial charge on any atom is -0.492 e. The molecule has 2 aromatic carbocycles. The number of carbonyl (C=O) groups excluding carboxylic acids is 1. The quantitative estimate of drug-likeness (QED) is 0.629. The summed E-state index contributed by atoms with van der Waals surface area (Å²) in [5, 5.41) is 2.85. The first-order valence-corrected chi connectivity index (χ1v) is 9.72. The molecule has 0 spiro atoms. The van der Waals surface area contributed by atoms with Crippen LogP contribution < -0.4 is 10.1 Å². The second-order valence-electron chi connectivity index (χ2n) is 5.69. The average Bonchev–Trinajstić information content (AvgIpc) is 2.66. The maximum absolute atomic E-state index is 12.9. The third kappa shape index (κ3) is 7.06. The molecule has 0 fully saturated rings. The van der Waals surface area contributed by atoms with E-state index < -0.39 is 0 Å². The van der Waals surface area contributed by atoms with Gasteiger partial charge >= 0.3 is 0 Å². The van der Waals surface area contributed by atoms with Gasteiger partial charge in [-0.05, 0) is 61.6 Å². The Hall–Kier alpha value is -2.05. The van der Waals surface area contributed by atoms with Crippen LogP contribution in [0.3, 0.4) is 0 Å². The number of halogens is 1. The molecule has 0 aromatic heterocycles. The number of carbonyl (C=O) groups is 1. The molecule has 0 saturated carbocycles. The molecule has 0 heterocycles. The minimum atomic E-state index is -0.279. The van der Waals surface area contributed by atoms with Gasteiger partial charge in [-0.1, -0.05) is 13.8 Å². The molecular formula is C20H25FN2O2S. The van der Waals surface area contributed by atoms with Gasteiger partial charge in [0, 0.05) is 17.1 Å². The van der Waals surface area contributed by atoms with Gasteiger partial charge in [-0.2, -0.15) is 0 Å². The number of rotatable bonds is 10. The average molecular weight is 376 g/mol. The van der Waals surface area contributed by atoms with E-state index in [1.165, 1.54) is 23.9 Å². The number of thioether (sulfide) groups is 1. The van der Waals surface area contributed by atoms with Crippen molar-refractivity contribution >= 4 is 23.4 Å². The Morgan fingerprint density at radius 1 is 1.08 bits per heavy atom. The van der Waals surface area contributed by atoms with Crippen molar-refractivity contribution in [1.82, 2.24) is 4.90 Å². The van der Waals surface area contributed by atoms with Crippen LogP contribution in [0.4, 0.5) is 10.1 Å². The Morgan fingerprint density at radius 2 is 1.73 bits per heavy atom. The SMILES string of the molecule is CCN(CC)CCOc1ccc(NC(=O)CSc2ccc(F)cc2)cc1. The molecule has 2 aromatic rings. The van der Waals surface area contributed by atoms with Gasteiger partial charge in [0.1, 0.15) is 18.2 Å². The zero-order chi connectivity index (χ0) is 18.8.